The minimum atomic E-state index is 0.781. The molecule has 0 aliphatic rings. The molecule has 4 nitrogen and oxygen atoms in total. The fraction of sp³-hybridized carbons (Fsp3) is 0.385. The van der Waals surface area contributed by atoms with Crippen LogP contribution in [0.3, 0.4) is 0 Å². The zero-order valence-electron chi connectivity index (χ0n) is 11.1. The smallest absolute Gasteiger partial charge is 0.149 e. The largest absolute Gasteiger partial charge is 0.369 e. The van der Waals surface area contributed by atoms with Crippen LogP contribution in [0.1, 0.15) is 18.2 Å². The van der Waals surface area contributed by atoms with Gasteiger partial charge in [-0.25, -0.2) is 4.98 Å². The summed E-state index contributed by atoms with van der Waals surface area (Å²) in [5.41, 5.74) is 0. The Morgan fingerprint density at radius 2 is 2.21 bits per heavy atom. The van der Waals surface area contributed by atoms with E-state index in [0.717, 1.165) is 35.5 Å². The van der Waals surface area contributed by atoms with Crippen molar-refractivity contribution in [2.45, 2.75) is 19.9 Å². The fourth-order valence-electron chi connectivity index (χ4n) is 1.63. The summed E-state index contributed by atoms with van der Waals surface area (Å²) >= 11 is 7.52. The van der Waals surface area contributed by atoms with E-state index in [1.165, 1.54) is 4.88 Å². The summed E-state index contributed by atoms with van der Waals surface area (Å²) in [7, 11) is 2.00. The van der Waals surface area contributed by atoms with Gasteiger partial charge in [0.05, 0.1) is 23.3 Å². The molecule has 0 aromatic carbocycles. The zero-order valence-corrected chi connectivity index (χ0v) is 12.6. The van der Waals surface area contributed by atoms with Crippen molar-refractivity contribution in [1.82, 2.24) is 9.97 Å². The second kappa shape index (κ2) is 6.73. The molecule has 2 rings (SSSR count). The quantitative estimate of drug-likeness (QED) is 0.883. The average Bonchev–Trinajstić information content (AvgIpc) is 2.82. The van der Waals surface area contributed by atoms with E-state index in [1.807, 2.05) is 19.2 Å². The van der Waals surface area contributed by atoms with Gasteiger partial charge in [0.1, 0.15) is 11.6 Å². The van der Waals surface area contributed by atoms with Crippen LogP contribution in [0.2, 0.25) is 4.34 Å². The van der Waals surface area contributed by atoms with E-state index in [4.69, 9.17) is 11.6 Å². The van der Waals surface area contributed by atoms with Crippen molar-refractivity contribution < 1.29 is 0 Å². The summed E-state index contributed by atoms with van der Waals surface area (Å²) in [5.74, 6) is 1.67. The first kappa shape index (κ1) is 14.1. The lowest BCUT2D eigenvalue weighted by molar-refractivity contribution is 0.897. The van der Waals surface area contributed by atoms with Crippen molar-refractivity contribution in [2.24, 2.45) is 0 Å². The molecule has 6 heteroatoms. The number of hydrogen-bond donors (Lipinski definition) is 1. The van der Waals surface area contributed by atoms with Crippen LogP contribution in [-0.2, 0) is 6.54 Å². The fourth-order valence-corrected chi connectivity index (χ4v) is 2.77. The third kappa shape index (κ3) is 4.08. The molecule has 0 aliphatic carbocycles. The second-order valence-electron chi connectivity index (χ2n) is 4.25. The molecule has 0 fully saturated rings. The van der Waals surface area contributed by atoms with Crippen molar-refractivity contribution in [3.63, 3.8) is 0 Å². The lowest BCUT2D eigenvalue weighted by atomic mass is 10.4. The topological polar surface area (TPSA) is 41.1 Å². The van der Waals surface area contributed by atoms with Gasteiger partial charge in [-0.1, -0.05) is 18.5 Å². The predicted molar refractivity (Wildman–Crippen MR) is 82.2 cm³/mol. The van der Waals surface area contributed by atoms with Crippen LogP contribution in [0.4, 0.5) is 11.6 Å². The molecular weight excluding hydrogens is 280 g/mol. The van der Waals surface area contributed by atoms with Gasteiger partial charge in [0.2, 0.25) is 0 Å². The van der Waals surface area contributed by atoms with Gasteiger partial charge in [0, 0.05) is 18.5 Å². The molecule has 1 N–H and O–H groups in total. The van der Waals surface area contributed by atoms with Crippen LogP contribution in [-0.4, -0.2) is 23.6 Å². The maximum Gasteiger partial charge on any atom is 0.149 e. The van der Waals surface area contributed by atoms with E-state index in [9.17, 15) is 0 Å². The van der Waals surface area contributed by atoms with Crippen molar-refractivity contribution in [2.75, 3.05) is 23.8 Å². The van der Waals surface area contributed by atoms with Crippen molar-refractivity contribution in [1.29, 1.82) is 0 Å². The molecule has 2 aromatic rings. The van der Waals surface area contributed by atoms with Crippen LogP contribution < -0.4 is 10.2 Å². The summed E-state index contributed by atoms with van der Waals surface area (Å²) in [4.78, 5) is 12.0. The standard InChI is InChI=1S/C13H17ClN4S/c1-3-6-16-12-7-15-8-13(17-12)18(2)9-10-4-5-11(14)19-10/h4-5,7-8H,3,6,9H2,1-2H3,(H,16,17). The van der Waals surface area contributed by atoms with Gasteiger partial charge in [0.15, 0.2) is 0 Å². The molecule has 102 valence electrons. The van der Waals surface area contributed by atoms with E-state index in [-0.39, 0.29) is 0 Å². The highest BCUT2D eigenvalue weighted by atomic mass is 35.5. The molecule has 0 saturated carbocycles. The summed E-state index contributed by atoms with van der Waals surface area (Å²) in [6, 6.07) is 3.95. The highest BCUT2D eigenvalue weighted by Gasteiger charge is 2.07. The molecule has 0 aliphatic heterocycles. The zero-order chi connectivity index (χ0) is 13.7. The highest BCUT2D eigenvalue weighted by Crippen LogP contribution is 2.23. The van der Waals surface area contributed by atoms with Gasteiger partial charge in [-0.3, -0.25) is 4.98 Å². The Hall–Kier alpha value is -1.33. The Morgan fingerprint density at radius 3 is 2.89 bits per heavy atom. The Bertz CT molecular complexity index is 529. The number of nitrogens with zero attached hydrogens (tertiary/aromatic N) is 3. The number of rotatable bonds is 6. The number of nitrogens with one attached hydrogen (secondary N) is 1. The molecular formula is C13H17ClN4S. The van der Waals surface area contributed by atoms with E-state index < -0.39 is 0 Å². The van der Waals surface area contributed by atoms with Crippen molar-refractivity contribution in [3.8, 4) is 0 Å². The molecule has 19 heavy (non-hydrogen) atoms. The molecule has 0 unspecified atom stereocenters. The van der Waals surface area contributed by atoms with Crippen molar-refractivity contribution in [3.05, 3.63) is 33.7 Å². The number of hydrogen-bond acceptors (Lipinski definition) is 5. The van der Waals surface area contributed by atoms with Gasteiger partial charge >= 0.3 is 0 Å². The van der Waals surface area contributed by atoms with Gasteiger partial charge in [0.25, 0.3) is 0 Å². The van der Waals surface area contributed by atoms with Crippen LogP contribution in [0, 0.1) is 0 Å². The molecule has 0 saturated heterocycles. The molecule has 2 heterocycles. The third-order valence-corrected chi connectivity index (χ3v) is 3.81. The Balaban J connectivity index is 2.03. The van der Waals surface area contributed by atoms with Crippen LogP contribution in [0.15, 0.2) is 24.5 Å². The minimum absolute atomic E-state index is 0.781. The third-order valence-electron chi connectivity index (χ3n) is 2.59. The predicted octanol–water partition coefficient (Wildman–Crippen LogP) is 3.65. The van der Waals surface area contributed by atoms with E-state index in [2.05, 4.69) is 27.1 Å². The molecule has 0 bridgehead atoms. The van der Waals surface area contributed by atoms with E-state index in [0.29, 0.717) is 0 Å². The number of aromatic nitrogens is 2. The number of anilines is 2. The SMILES string of the molecule is CCCNc1cncc(N(C)Cc2ccc(Cl)s2)n1. The van der Waals surface area contributed by atoms with Gasteiger partial charge in [-0.2, -0.15) is 0 Å². The lowest BCUT2D eigenvalue weighted by Crippen LogP contribution is -2.18. The van der Waals surface area contributed by atoms with Gasteiger partial charge in [-0.15, -0.1) is 11.3 Å². The summed E-state index contributed by atoms with van der Waals surface area (Å²) in [6.45, 7) is 3.81. The maximum atomic E-state index is 5.93. The molecule has 0 amide bonds. The highest BCUT2D eigenvalue weighted by molar-refractivity contribution is 7.16. The maximum absolute atomic E-state index is 5.93. The van der Waals surface area contributed by atoms with E-state index in [1.54, 1.807) is 23.7 Å². The molecule has 0 spiro atoms. The average molecular weight is 297 g/mol. The number of thiophene rings is 1. The summed E-state index contributed by atoms with van der Waals surface area (Å²) < 4.78 is 0.813. The summed E-state index contributed by atoms with van der Waals surface area (Å²) in [5, 5.41) is 3.24. The van der Waals surface area contributed by atoms with Crippen LogP contribution in [0.5, 0.6) is 0 Å². The first-order valence-electron chi connectivity index (χ1n) is 6.20. The molecule has 0 atom stereocenters. The minimum Gasteiger partial charge on any atom is -0.369 e. The monoisotopic (exact) mass is 296 g/mol. The molecule has 2 aromatic heterocycles. The first-order valence-corrected chi connectivity index (χ1v) is 7.39. The van der Waals surface area contributed by atoms with Crippen molar-refractivity contribution >= 4 is 34.6 Å². The van der Waals surface area contributed by atoms with Crippen LogP contribution >= 0.6 is 22.9 Å². The summed E-state index contributed by atoms with van der Waals surface area (Å²) in [6.07, 6.45) is 4.58. The molecule has 0 radical (unpaired) electrons. The van der Waals surface area contributed by atoms with Gasteiger partial charge < -0.3 is 10.2 Å². The second-order valence-corrected chi connectivity index (χ2v) is 6.05. The Morgan fingerprint density at radius 1 is 1.37 bits per heavy atom. The first-order chi connectivity index (χ1) is 9.19. The van der Waals surface area contributed by atoms with E-state index >= 15 is 0 Å². The van der Waals surface area contributed by atoms with Gasteiger partial charge in [-0.05, 0) is 18.6 Å². The number of halogens is 1. The van der Waals surface area contributed by atoms with Crippen LogP contribution in [0.25, 0.3) is 0 Å². The Labute approximate surface area is 122 Å². The lowest BCUT2D eigenvalue weighted by Gasteiger charge is -2.17. The normalized spacial score (nSPS) is 10.5. The Kier molecular flexibility index (Phi) is 4.99.